The molecule has 7 nitrogen and oxygen atoms in total. The molecule has 0 aliphatic rings. The molecule has 0 bridgehead atoms. The minimum atomic E-state index is -0.412. The Morgan fingerprint density at radius 1 is 0.938 bits per heavy atom. The number of nitrogens with one attached hydrogen (secondary N) is 1. The Kier molecular flexibility index (Phi) is 4.87. The van der Waals surface area contributed by atoms with Crippen LogP contribution in [0.3, 0.4) is 0 Å². The minimum Gasteiger partial charge on any atom is -0.321 e. The molecular formula is C24H17FN6O. The maximum atomic E-state index is 13.2. The van der Waals surface area contributed by atoms with Gasteiger partial charge in [0.15, 0.2) is 11.5 Å². The van der Waals surface area contributed by atoms with Crippen LogP contribution in [0.4, 0.5) is 10.1 Å². The molecule has 1 amide bonds. The van der Waals surface area contributed by atoms with Gasteiger partial charge < -0.3 is 5.32 Å². The van der Waals surface area contributed by atoms with Crippen molar-refractivity contribution in [3.05, 3.63) is 96.3 Å². The van der Waals surface area contributed by atoms with Gasteiger partial charge in [-0.25, -0.2) is 14.1 Å². The molecule has 0 radical (unpaired) electrons. The number of amides is 1. The molecule has 0 aliphatic carbocycles. The SMILES string of the molecule is Cc1cccc(-n2nc(C(=O)Nc3ccc(F)cc3)cc2-c2ccc3nccnc3c2)n1. The third kappa shape index (κ3) is 3.81. The van der Waals surface area contributed by atoms with Crippen LogP contribution in [-0.4, -0.2) is 30.6 Å². The van der Waals surface area contributed by atoms with Gasteiger partial charge in [-0.05, 0) is 61.5 Å². The summed E-state index contributed by atoms with van der Waals surface area (Å²) in [6.07, 6.45) is 3.27. The molecule has 0 aliphatic heterocycles. The van der Waals surface area contributed by atoms with Gasteiger partial charge in [0.05, 0.1) is 16.7 Å². The van der Waals surface area contributed by atoms with Gasteiger partial charge in [-0.1, -0.05) is 12.1 Å². The number of carbonyl (C=O) groups is 1. The second kappa shape index (κ2) is 7.99. The van der Waals surface area contributed by atoms with E-state index in [4.69, 9.17) is 0 Å². The Balaban J connectivity index is 1.60. The predicted octanol–water partition coefficient (Wildman–Crippen LogP) is 4.58. The van der Waals surface area contributed by atoms with Crippen molar-refractivity contribution in [1.82, 2.24) is 24.7 Å². The number of hydrogen-bond donors (Lipinski definition) is 1. The standard InChI is InChI=1S/C24H17FN6O/c1-15-3-2-4-23(28-15)31-22(16-5-10-19-20(13-16)27-12-11-26-19)14-21(30-31)24(32)29-18-8-6-17(25)7-9-18/h2-14H,1H3,(H,29,32). The van der Waals surface area contributed by atoms with E-state index < -0.39 is 5.91 Å². The molecule has 3 heterocycles. The second-order valence-corrected chi connectivity index (χ2v) is 7.18. The molecule has 0 spiro atoms. The number of hydrogen-bond acceptors (Lipinski definition) is 5. The molecule has 32 heavy (non-hydrogen) atoms. The number of nitrogens with zero attached hydrogens (tertiary/aromatic N) is 5. The van der Waals surface area contributed by atoms with Gasteiger partial charge in [-0.3, -0.25) is 14.8 Å². The molecule has 5 rings (SSSR count). The fourth-order valence-electron chi connectivity index (χ4n) is 3.37. The third-order valence-corrected chi connectivity index (χ3v) is 4.90. The Morgan fingerprint density at radius 2 is 1.72 bits per heavy atom. The molecular weight excluding hydrogens is 407 g/mol. The molecule has 3 aromatic heterocycles. The minimum absolute atomic E-state index is 0.201. The van der Waals surface area contributed by atoms with E-state index in [2.05, 4.69) is 25.4 Å². The van der Waals surface area contributed by atoms with E-state index in [9.17, 15) is 9.18 Å². The highest BCUT2D eigenvalue weighted by molar-refractivity contribution is 6.03. The Labute approximate surface area is 182 Å². The van der Waals surface area contributed by atoms with E-state index in [0.29, 0.717) is 17.2 Å². The van der Waals surface area contributed by atoms with E-state index in [1.807, 2.05) is 43.3 Å². The number of aryl methyl sites for hydroxylation is 1. The first kappa shape index (κ1) is 19.5. The first-order valence-corrected chi connectivity index (χ1v) is 9.89. The first-order chi connectivity index (χ1) is 15.6. The molecule has 8 heteroatoms. The number of pyridine rings is 1. The van der Waals surface area contributed by atoms with Gasteiger partial charge >= 0.3 is 0 Å². The fourth-order valence-corrected chi connectivity index (χ4v) is 3.37. The van der Waals surface area contributed by atoms with E-state index >= 15 is 0 Å². The van der Waals surface area contributed by atoms with Crippen molar-refractivity contribution in [2.75, 3.05) is 5.32 Å². The van der Waals surface area contributed by atoms with Crippen LogP contribution in [0.15, 0.2) is 79.1 Å². The van der Waals surface area contributed by atoms with Gasteiger partial charge in [0, 0.05) is 29.3 Å². The second-order valence-electron chi connectivity index (χ2n) is 7.18. The highest BCUT2D eigenvalue weighted by Crippen LogP contribution is 2.26. The van der Waals surface area contributed by atoms with Crippen LogP contribution in [-0.2, 0) is 0 Å². The largest absolute Gasteiger partial charge is 0.321 e. The Bertz CT molecular complexity index is 1440. The maximum Gasteiger partial charge on any atom is 0.276 e. The van der Waals surface area contributed by atoms with Gasteiger partial charge in [-0.15, -0.1) is 0 Å². The summed E-state index contributed by atoms with van der Waals surface area (Å²) in [4.78, 5) is 26.1. The molecule has 0 saturated carbocycles. The van der Waals surface area contributed by atoms with Crippen molar-refractivity contribution >= 4 is 22.6 Å². The van der Waals surface area contributed by atoms with Gasteiger partial charge in [0.1, 0.15) is 5.82 Å². The average molecular weight is 424 g/mol. The van der Waals surface area contributed by atoms with E-state index in [0.717, 1.165) is 22.3 Å². The number of carbonyl (C=O) groups excluding carboxylic acids is 1. The van der Waals surface area contributed by atoms with Crippen LogP contribution in [0.2, 0.25) is 0 Å². The van der Waals surface area contributed by atoms with Crippen LogP contribution >= 0.6 is 0 Å². The summed E-state index contributed by atoms with van der Waals surface area (Å²) in [6, 6.07) is 18.5. The lowest BCUT2D eigenvalue weighted by Gasteiger charge is -2.08. The lowest BCUT2D eigenvalue weighted by molar-refractivity contribution is 0.102. The number of benzene rings is 2. The summed E-state index contributed by atoms with van der Waals surface area (Å²) in [5.41, 5.74) is 4.49. The lowest BCUT2D eigenvalue weighted by Crippen LogP contribution is -2.13. The third-order valence-electron chi connectivity index (χ3n) is 4.90. The molecule has 5 aromatic rings. The zero-order chi connectivity index (χ0) is 22.1. The average Bonchev–Trinajstić information content (AvgIpc) is 3.26. The highest BCUT2D eigenvalue weighted by atomic mass is 19.1. The number of fused-ring (bicyclic) bond motifs is 1. The summed E-state index contributed by atoms with van der Waals surface area (Å²) in [5.74, 6) is -0.204. The Morgan fingerprint density at radius 3 is 2.50 bits per heavy atom. The molecule has 156 valence electrons. The monoisotopic (exact) mass is 424 g/mol. The zero-order valence-electron chi connectivity index (χ0n) is 17.0. The normalized spacial score (nSPS) is 10.9. The summed E-state index contributed by atoms with van der Waals surface area (Å²) >= 11 is 0. The quantitative estimate of drug-likeness (QED) is 0.457. The van der Waals surface area contributed by atoms with Crippen molar-refractivity contribution < 1.29 is 9.18 Å². The summed E-state index contributed by atoms with van der Waals surface area (Å²) < 4.78 is 14.8. The van der Waals surface area contributed by atoms with E-state index in [1.165, 1.54) is 24.3 Å². The topological polar surface area (TPSA) is 85.6 Å². The first-order valence-electron chi connectivity index (χ1n) is 9.89. The molecule has 1 N–H and O–H groups in total. The van der Waals surface area contributed by atoms with E-state index in [-0.39, 0.29) is 11.5 Å². The highest BCUT2D eigenvalue weighted by Gasteiger charge is 2.18. The number of rotatable bonds is 4. The summed E-state index contributed by atoms with van der Waals surface area (Å²) in [7, 11) is 0. The van der Waals surface area contributed by atoms with Crippen molar-refractivity contribution in [3.8, 4) is 17.1 Å². The van der Waals surface area contributed by atoms with Gasteiger partial charge in [-0.2, -0.15) is 5.10 Å². The number of anilines is 1. The van der Waals surface area contributed by atoms with Crippen molar-refractivity contribution in [3.63, 3.8) is 0 Å². The molecule has 0 fully saturated rings. The molecule has 0 atom stereocenters. The van der Waals surface area contributed by atoms with Crippen LogP contribution in [0.1, 0.15) is 16.2 Å². The van der Waals surface area contributed by atoms with Crippen LogP contribution < -0.4 is 5.32 Å². The summed E-state index contributed by atoms with van der Waals surface area (Å²) in [6.45, 7) is 1.89. The summed E-state index contributed by atoms with van der Waals surface area (Å²) in [5, 5.41) is 7.27. The van der Waals surface area contributed by atoms with Crippen molar-refractivity contribution in [2.24, 2.45) is 0 Å². The van der Waals surface area contributed by atoms with Crippen molar-refractivity contribution in [1.29, 1.82) is 0 Å². The van der Waals surface area contributed by atoms with E-state index in [1.54, 1.807) is 23.1 Å². The van der Waals surface area contributed by atoms with Crippen LogP contribution in [0.25, 0.3) is 28.1 Å². The molecule has 0 unspecified atom stereocenters. The van der Waals surface area contributed by atoms with Gasteiger partial charge in [0.25, 0.3) is 5.91 Å². The maximum absolute atomic E-state index is 13.2. The number of halogens is 1. The van der Waals surface area contributed by atoms with Crippen LogP contribution in [0.5, 0.6) is 0 Å². The Hall–Kier alpha value is -4.46. The zero-order valence-corrected chi connectivity index (χ0v) is 17.0. The lowest BCUT2D eigenvalue weighted by atomic mass is 10.1. The van der Waals surface area contributed by atoms with Gasteiger partial charge in [0.2, 0.25) is 0 Å². The van der Waals surface area contributed by atoms with Crippen LogP contribution in [0, 0.1) is 12.7 Å². The van der Waals surface area contributed by atoms with Crippen molar-refractivity contribution in [2.45, 2.75) is 6.92 Å². The smallest absolute Gasteiger partial charge is 0.276 e. The number of aromatic nitrogens is 5. The molecule has 2 aromatic carbocycles. The fraction of sp³-hybridized carbons (Fsp3) is 0.0417. The molecule has 0 saturated heterocycles. The predicted molar refractivity (Wildman–Crippen MR) is 119 cm³/mol.